The summed E-state index contributed by atoms with van der Waals surface area (Å²) < 4.78 is 6.79. The van der Waals surface area contributed by atoms with E-state index in [2.05, 4.69) is 17.6 Å². The standard InChI is InChI=1S/C30H45N3O5/c1-7-12-20(5)32-27(36)25-30-15-19(4)29(6,38-30)23(26(35)31-16-21-13-10-9-11-14-21)24(30)28(37)33(25)22(17-34)18(3)8-2/h9-11,13-14,18-20,22-25,34H,7-8,12,15-17H2,1-6H3,(H,31,35)(H,32,36)/t18-,19?,20?,22-,23+,24-,25?,29-,30?/m0/s1. The molecule has 3 fully saturated rings. The Morgan fingerprint density at radius 2 is 1.87 bits per heavy atom. The van der Waals surface area contributed by atoms with E-state index in [1.165, 1.54) is 0 Å². The van der Waals surface area contributed by atoms with E-state index in [4.69, 9.17) is 4.74 Å². The molecule has 3 amide bonds. The van der Waals surface area contributed by atoms with Gasteiger partial charge < -0.3 is 25.4 Å². The summed E-state index contributed by atoms with van der Waals surface area (Å²) >= 11 is 0. The number of hydrogen-bond donors (Lipinski definition) is 3. The Balaban J connectivity index is 1.73. The van der Waals surface area contributed by atoms with Gasteiger partial charge in [-0.15, -0.1) is 0 Å². The summed E-state index contributed by atoms with van der Waals surface area (Å²) in [5, 5.41) is 16.6. The van der Waals surface area contributed by atoms with Crippen LogP contribution in [0.25, 0.3) is 0 Å². The molecular weight excluding hydrogens is 482 g/mol. The zero-order valence-corrected chi connectivity index (χ0v) is 23.7. The number of ether oxygens (including phenoxy) is 1. The summed E-state index contributed by atoms with van der Waals surface area (Å²) in [6.07, 6.45) is 2.99. The van der Waals surface area contributed by atoms with Crippen molar-refractivity contribution >= 4 is 17.7 Å². The predicted molar refractivity (Wildman–Crippen MR) is 145 cm³/mol. The van der Waals surface area contributed by atoms with Gasteiger partial charge in [0.1, 0.15) is 11.6 Å². The average molecular weight is 528 g/mol. The van der Waals surface area contributed by atoms with E-state index >= 15 is 0 Å². The maximum absolute atomic E-state index is 14.3. The molecule has 2 bridgehead atoms. The monoisotopic (exact) mass is 527 g/mol. The highest BCUT2D eigenvalue weighted by atomic mass is 16.5. The molecule has 0 aromatic heterocycles. The van der Waals surface area contributed by atoms with Crippen molar-refractivity contribution in [3.05, 3.63) is 35.9 Å². The van der Waals surface area contributed by atoms with E-state index in [0.29, 0.717) is 13.0 Å². The normalized spacial score (nSPS) is 34.1. The smallest absolute Gasteiger partial charge is 0.246 e. The van der Waals surface area contributed by atoms with Crippen molar-refractivity contribution in [1.29, 1.82) is 0 Å². The van der Waals surface area contributed by atoms with Gasteiger partial charge >= 0.3 is 0 Å². The Morgan fingerprint density at radius 1 is 1.18 bits per heavy atom. The first kappa shape index (κ1) is 28.6. The molecule has 9 atom stereocenters. The SMILES string of the molecule is CCCC(C)NC(=O)C1N([C@@H](CO)[C@@H](C)CC)C(=O)[C@@H]2[C@H](C(=O)NCc3ccccc3)[C@@]3(C)OC12CC3C. The van der Waals surface area contributed by atoms with Gasteiger partial charge in [0.15, 0.2) is 0 Å². The highest BCUT2D eigenvalue weighted by molar-refractivity contribution is 5.99. The Labute approximate surface area is 226 Å². The minimum absolute atomic E-state index is 0.0292. The Kier molecular flexibility index (Phi) is 8.24. The zero-order chi connectivity index (χ0) is 27.8. The van der Waals surface area contributed by atoms with Gasteiger partial charge in [0.05, 0.1) is 30.1 Å². The van der Waals surface area contributed by atoms with Crippen LogP contribution < -0.4 is 10.6 Å². The first-order valence-electron chi connectivity index (χ1n) is 14.3. The minimum Gasteiger partial charge on any atom is -0.394 e. The topological polar surface area (TPSA) is 108 Å². The number of fused-ring (bicyclic) bond motifs is 1. The van der Waals surface area contributed by atoms with Crippen molar-refractivity contribution < 1.29 is 24.2 Å². The minimum atomic E-state index is -1.11. The fraction of sp³-hybridized carbons (Fsp3) is 0.700. The van der Waals surface area contributed by atoms with Crippen LogP contribution in [0.5, 0.6) is 0 Å². The molecule has 1 aromatic carbocycles. The number of rotatable bonds is 11. The number of aliphatic hydroxyl groups is 1. The van der Waals surface area contributed by atoms with Crippen LogP contribution in [-0.4, -0.2) is 63.7 Å². The van der Waals surface area contributed by atoms with E-state index in [9.17, 15) is 19.5 Å². The molecule has 8 nitrogen and oxygen atoms in total. The first-order valence-corrected chi connectivity index (χ1v) is 14.3. The predicted octanol–water partition coefficient (Wildman–Crippen LogP) is 3.03. The van der Waals surface area contributed by atoms with E-state index in [-0.39, 0.29) is 42.2 Å². The van der Waals surface area contributed by atoms with Gasteiger partial charge in [-0.25, -0.2) is 0 Å². The summed E-state index contributed by atoms with van der Waals surface area (Å²) in [5.74, 6) is -2.32. The second-order valence-electron chi connectivity index (χ2n) is 12.0. The molecule has 3 saturated heterocycles. The highest BCUT2D eigenvalue weighted by Crippen LogP contribution is 2.65. The third-order valence-corrected chi connectivity index (χ3v) is 9.55. The number of benzene rings is 1. The molecule has 3 aliphatic heterocycles. The molecule has 0 radical (unpaired) electrons. The largest absolute Gasteiger partial charge is 0.394 e. The van der Waals surface area contributed by atoms with Crippen molar-refractivity contribution in [1.82, 2.24) is 15.5 Å². The third kappa shape index (κ3) is 4.53. The van der Waals surface area contributed by atoms with Crippen molar-refractivity contribution in [2.45, 2.75) is 103 Å². The van der Waals surface area contributed by atoms with Gasteiger partial charge in [-0.2, -0.15) is 0 Å². The number of aliphatic hydroxyl groups excluding tert-OH is 1. The fourth-order valence-electron chi connectivity index (χ4n) is 7.27. The van der Waals surface area contributed by atoms with Crippen molar-refractivity contribution in [2.75, 3.05) is 6.61 Å². The van der Waals surface area contributed by atoms with Crippen LogP contribution in [0.4, 0.5) is 0 Å². The van der Waals surface area contributed by atoms with Crippen LogP contribution in [0.1, 0.15) is 72.8 Å². The maximum atomic E-state index is 14.3. The molecule has 3 N–H and O–H groups in total. The Morgan fingerprint density at radius 3 is 2.47 bits per heavy atom. The van der Waals surface area contributed by atoms with Crippen LogP contribution in [0.15, 0.2) is 30.3 Å². The number of nitrogens with zero attached hydrogens (tertiary/aromatic N) is 1. The second-order valence-corrected chi connectivity index (χ2v) is 12.0. The molecule has 210 valence electrons. The van der Waals surface area contributed by atoms with Gasteiger partial charge in [0.25, 0.3) is 0 Å². The Bertz CT molecular complexity index is 1030. The fourth-order valence-corrected chi connectivity index (χ4v) is 7.27. The van der Waals surface area contributed by atoms with E-state index in [0.717, 1.165) is 24.8 Å². The van der Waals surface area contributed by atoms with Gasteiger partial charge in [-0.05, 0) is 44.1 Å². The first-order chi connectivity index (χ1) is 18.0. The lowest BCUT2D eigenvalue weighted by molar-refractivity contribution is -0.152. The van der Waals surface area contributed by atoms with Crippen LogP contribution in [0.2, 0.25) is 0 Å². The molecule has 38 heavy (non-hydrogen) atoms. The van der Waals surface area contributed by atoms with Gasteiger partial charge in [0, 0.05) is 12.6 Å². The summed E-state index contributed by atoms with van der Waals surface area (Å²) in [6.45, 7) is 12.1. The molecule has 8 heteroatoms. The van der Waals surface area contributed by atoms with Crippen molar-refractivity contribution in [3.8, 4) is 0 Å². The molecule has 0 aliphatic carbocycles. The van der Waals surface area contributed by atoms with Gasteiger partial charge in [0.2, 0.25) is 17.7 Å². The van der Waals surface area contributed by atoms with Crippen LogP contribution >= 0.6 is 0 Å². The number of likely N-dealkylation sites (tertiary alicyclic amines) is 1. The van der Waals surface area contributed by atoms with E-state index in [1.807, 2.05) is 65.0 Å². The average Bonchev–Trinajstić information content (AvgIpc) is 3.40. The molecule has 3 heterocycles. The van der Waals surface area contributed by atoms with Gasteiger partial charge in [-0.3, -0.25) is 14.4 Å². The quantitative estimate of drug-likeness (QED) is 0.410. The lowest BCUT2D eigenvalue weighted by Crippen LogP contribution is -2.60. The number of hydrogen-bond acceptors (Lipinski definition) is 5. The molecule has 1 aromatic rings. The number of nitrogens with one attached hydrogen (secondary N) is 2. The highest BCUT2D eigenvalue weighted by Gasteiger charge is 2.80. The molecule has 4 rings (SSSR count). The molecule has 1 spiro atoms. The van der Waals surface area contributed by atoms with Crippen molar-refractivity contribution in [3.63, 3.8) is 0 Å². The number of carbonyl (C=O) groups excluding carboxylic acids is 3. The Hall–Kier alpha value is -2.45. The summed E-state index contributed by atoms with van der Waals surface area (Å²) in [4.78, 5) is 43.7. The molecular formula is C30H45N3O5. The molecule has 3 aliphatic rings. The molecule has 0 saturated carbocycles. The number of carbonyl (C=O) groups is 3. The summed E-state index contributed by atoms with van der Waals surface area (Å²) in [7, 11) is 0. The third-order valence-electron chi connectivity index (χ3n) is 9.55. The second kappa shape index (κ2) is 11.0. The summed E-state index contributed by atoms with van der Waals surface area (Å²) in [6, 6.07) is 8.16. The van der Waals surface area contributed by atoms with Crippen LogP contribution in [0, 0.1) is 23.7 Å². The van der Waals surface area contributed by atoms with E-state index < -0.39 is 35.1 Å². The lowest BCUT2D eigenvalue weighted by Gasteiger charge is -2.39. The van der Waals surface area contributed by atoms with Crippen LogP contribution in [0.3, 0.4) is 0 Å². The number of amides is 3. The lowest BCUT2D eigenvalue weighted by atomic mass is 9.62. The van der Waals surface area contributed by atoms with E-state index in [1.54, 1.807) is 4.90 Å². The maximum Gasteiger partial charge on any atom is 0.246 e. The van der Waals surface area contributed by atoms with Crippen molar-refractivity contribution in [2.24, 2.45) is 23.7 Å². The zero-order valence-electron chi connectivity index (χ0n) is 23.7. The molecule has 4 unspecified atom stereocenters. The van der Waals surface area contributed by atoms with Crippen LogP contribution in [-0.2, 0) is 25.7 Å². The van der Waals surface area contributed by atoms with Gasteiger partial charge in [-0.1, -0.05) is 70.9 Å². The summed E-state index contributed by atoms with van der Waals surface area (Å²) in [5.41, 5.74) is -1.01.